The van der Waals surface area contributed by atoms with Crippen molar-refractivity contribution in [3.63, 3.8) is 0 Å². The number of sulfonamides is 1. The van der Waals surface area contributed by atoms with Crippen LogP contribution in [0.4, 0.5) is 0 Å². The molecule has 0 radical (unpaired) electrons. The van der Waals surface area contributed by atoms with Crippen LogP contribution in [0.25, 0.3) is 10.9 Å². The van der Waals surface area contributed by atoms with E-state index >= 15 is 0 Å². The number of benzene rings is 1. The highest BCUT2D eigenvalue weighted by Crippen LogP contribution is 2.21. The molecule has 1 aliphatic heterocycles. The molecule has 1 fully saturated rings. The van der Waals surface area contributed by atoms with Crippen molar-refractivity contribution in [3.8, 4) is 0 Å². The molecule has 1 unspecified atom stereocenters. The molecule has 2 heterocycles. The molecule has 1 aliphatic rings. The molecule has 0 amide bonds. The van der Waals surface area contributed by atoms with E-state index in [-0.39, 0.29) is 0 Å². The summed E-state index contributed by atoms with van der Waals surface area (Å²) in [7, 11) is -3.49. The molecule has 0 spiro atoms. The molecule has 2 N–H and O–H groups in total. The van der Waals surface area contributed by atoms with Gasteiger partial charge in [-0.15, -0.1) is 0 Å². The van der Waals surface area contributed by atoms with E-state index < -0.39 is 10.0 Å². The van der Waals surface area contributed by atoms with E-state index in [9.17, 15) is 8.42 Å². The zero-order chi connectivity index (χ0) is 14.7. The molecule has 0 saturated carbocycles. The van der Waals surface area contributed by atoms with Gasteiger partial charge in [-0.2, -0.15) is 0 Å². The number of nitrogens with one attached hydrogen (secondary N) is 2. The van der Waals surface area contributed by atoms with Crippen LogP contribution in [-0.4, -0.2) is 33.0 Å². The highest BCUT2D eigenvalue weighted by molar-refractivity contribution is 7.89. The summed E-state index contributed by atoms with van der Waals surface area (Å²) in [6.07, 6.45) is 3.66. The van der Waals surface area contributed by atoms with Crippen LogP contribution in [0, 0.1) is 5.92 Å². The maximum atomic E-state index is 12.5. The molecule has 2 aromatic rings. The Hall–Kier alpha value is -1.50. The average molecular weight is 305 g/mol. The lowest BCUT2D eigenvalue weighted by Gasteiger charge is -2.11. The summed E-state index contributed by atoms with van der Waals surface area (Å²) in [5, 5.41) is 3.95. The fraction of sp³-hybridized carbons (Fsp3) is 0.400. The molecule has 5 nitrogen and oxygen atoms in total. The third-order valence-electron chi connectivity index (χ3n) is 3.90. The first-order valence-corrected chi connectivity index (χ1v) is 8.69. The molecule has 112 valence electrons. The molecule has 21 heavy (non-hydrogen) atoms. The molecule has 1 saturated heterocycles. The van der Waals surface area contributed by atoms with Crippen LogP contribution in [0.2, 0.25) is 0 Å². The standard InChI is InChI=1S/C15H19N3O2S/c19-21(20,18-10-7-12-6-9-16-11-12)15-5-1-4-14-13(15)3-2-8-17-14/h1-5,8,12,16,18H,6-7,9-11H2. The average Bonchev–Trinajstić information content (AvgIpc) is 3.00. The number of pyridine rings is 1. The van der Waals surface area contributed by atoms with Crippen molar-refractivity contribution >= 4 is 20.9 Å². The maximum absolute atomic E-state index is 12.5. The lowest BCUT2D eigenvalue weighted by atomic mass is 10.1. The molecule has 1 aromatic carbocycles. The van der Waals surface area contributed by atoms with Crippen LogP contribution >= 0.6 is 0 Å². The van der Waals surface area contributed by atoms with Crippen LogP contribution in [0.3, 0.4) is 0 Å². The molecule has 0 bridgehead atoms. The first-order valence-electron chi connectivity index (χ1n) is 7.21. The van der Waals surface area contributed by atoms with Crippen molar-refractivity contribution in [1.29, 1.82) is 0 Å². The van der Waals surface area contributed by atoms with Crippen molar-refractivity contribution in [2.24, 2.45) is 5.92 Å². The lowest BCUT2D eigenvalue weighted by molar-refractivity contribution is 0.519. The van der Waals surface area contributed by atoms with Gasteiger partial charge in [-0.3, -0.25) is 4.98 Å². The fourth-order valence-corrected chi connectivity index (χ4v) is 4.01. The predicted molar refractivity (Wildman–Crippen MR) is 82.5 cm³/mol. The first kappa shape index (κ1) is 14.4. The van der Waals surface area contributed by atoms with Gasteiger partial charge in [-0.1, -0.05) is 6.07 Å². The Kier molecular flexibility index (Phi) is 4.19. The van der Waals surface area contributed by atoms with E-state index in [1.54, 1.807) is 30.5 Å². The number of aromatic nitrogens is 1. The Morgan fingerprint density at radius 3 is 3.00 bits per heavy atom. The second kappa shape index (κ2) is 6.09. The normalized spacial score (nSPS) is 19.1. The van der Waals surface area contributed by atoms with Crippen LogP contribution in [0.15, 0.2) is 41.4 Å². The summed E-state index contributed by atoms with van der Waals surface area (Å²) in [4.78, 5) is 4.50. The third-order valence-corrected chi connectivity index (χ3v) is 5.42. The second-order valence-electron chi connectivity index (χ2n) is 5.37. The SMILES string of the molecule is O=S(=O)(NCCC1CCNC1)c1cccc2ncccc12. The van der Waals surface area contributed by atoms with Crippen LogP contribution < -0.4 is 10.0 Å². The third kappa shape index (κ3) is 3.23. The summed E-state index contributed by atoms with van der Waals surface area (Å²) in [5.41, 5.74) is 0.695. The Morgan fingerprint density at radius 1 is 1.29 bits per heavy atom. The van der Waals surface area contributed by atoms with E-state index in [1.807, 2.05) is 6.07 Å². The van der Waals surface area contributed by atoms with Gasteiger partial charge in [0.25, 0.3) is 0 Å². The van der Waals surface area contributed by atoms with Gasteiger partial charge in [0.15, 0.2) is 0 Å². The van der Waals surface area contributed by atoms with Gasteiger partial charge >= 0.3 is 0 Å². The molecule has 3 rings (SSSR count). The molecule has 1 aromatic heterocycles. The Bertz CT molecular complexity index is 719. The van der Waals surface area contributed by atoms with Crippen molar-refractivity contribution in [3.05, 3.63) is 36.5 Å². The van der Waals surface area contributed by atoms with Crippen LogP contribution in [-0.2, 0) is 10.0 Å². The van der Waals surface area contributed by atoms with Gasteiger partial charge in [-0.25, -0.2) is 13.1 Å². The minimum Gasteiger partial charge on any atom is -0.316 e. The van der Waals surface area contributed by atoms with Crippen LogP contribution in [0.5, 0.6) is 0 Å². The Balaban J connectivity index is 1.76. The molecule has 6 heteroatoms. The highest BCUT2D eigenvalue weighted by atomic mass is 32.2. The van der Waals surface area contributed by atoms with E-state index in [0.29, 0.717) is 28.3 Å². The number of nitrogens with zero attached hydrogens (tertiary/aromatic N) is 1. The smallest absolute Gasteiger partial charge is 0.241 e. The topological polar surface area (TPSA) is 71.1 Å². The summed E-state index contributed by atoms with van der Waals surface area (Å²) < 4.78 is 27.6. The molecule has 1 atom stereocenters. The van der Waals surface area contributed by atoms with E-state index in [1.165, 1.54) is 0 Å². The van der Waals surface area contributed by atoms with Crippen molar-refractivity contribution in [2.75, 3.05) is 19.6 Å². The summed E-state index contributed by atoms with van der Waals surface area (Å²) in [5.74, 6) is 0.571. The van der Waals surface area contributed by atoms with Gasteiger partial charge in [0.1, 0.15) is 0 Å². The van der Waals surface area contributed by atoms with Crippen molar-refractivity contribution < 1.29 is 8.42 Å². The van der Waals surface area contributed by atoms with Gasteiger partial charge in [0.05, 0.1) is 10.4 Å². The lowest BCUT2D eigenvalue weighted by Crippen LogP contribution is -2.26. The van der Waals surface area contributed by atoms with Crippen LogP contribution in [0.1, 0.15) is 12.8 Å². The Labute approximate surface area is 124 Å². The highest BCUT2D eigenvalue weighted by Gasteiger charge is 2.19. The maximum Gasteiger partial charge on any atom is 0.241 e. The number of hydrogen-bond acceptors (Lipinski definition) is 4. The van der Waals surface area contributed by atoms with Crippen molar-refractivity contribution in [1.82, 2.24) is 15.0 Å². The van der Waals surface area contributed by atoms with Gasteiger partial charge in [0, 0.05) is 18.1 Å². The van der Waals surface area contributed by atoms with Gasteiger partial charge < -0.3 is 5.32 Å². The number of rotatable bonds is 5. The summed E-state index contributed by atoms with van der Waals surface area (Å²) in [6, 6.07) is 8.72. The minimum atomic E-state index is -3.49. The van der Waals surface area contributed by atoms with E-state index in [0.717, 1.165) is 25.9 Å². The quantitative estimate of drug-likeness (QED) is 0.878. The predicted octanol–water partition coefficient (Wildman–Crippen LogP) is 1.51. The summed E-state index contributed by atoms with van der Waals surface area (Å²) in [6.45, 7) is 2.50. The zero-order valence-electron chi connectivity index (χ0n) is 11.7. The molecule has 0 aliphatic carbocycles. The molecular formula is C15H19N3O2S. The second-order valence-corrected chi connectivity index (χ2v) is 7.11. The van der Waals surface area contributed by atoms with Crippen molar-refractivity contribution in [2.45, 2.75) is 17.7 Å². The number of fused-ring (bicyclic) bond motifs is 1. The van der Waals surface area contributed by atoms with E-state index in [2.05, 4.69) is 15.0 Å². The fourth-order valence-electron chi connectivity index (χ4n) is 2.75. The monoisotopic (exact) mass is 305 g/mol. The van der Waals surface area contributed by atoms with Gasteiger partial charge in [-0.05, 0) is 56.1 Å². The Morgan fingerprint density at radius 2 is 2.19 bits per heavy atom. The minimum absolute atomic E-state index is 0.303. The number of hydrogen-bond donors (Lipinski definition) is 2. The molecular weight excluding hydrogens is 286 g/mol. The van der Waals surface area contributed by atoms with E-state index in [4.69, 9.17) is 0 Å². The first-order chi connectivity index (χ1) is 10.2. The van der Waals surface area contributed by atoms with Gasteiger partial charge in [0.2, 0.25) is 10.0 Å². The summed E-state index contributed by atoms with van der Waals surface area (Å²) >= 11 is 0. The largest absolute Gasteiger partial charge is 0.316 e. The zero-order valence-corrected chi connectivity index (χ0v) is 12.6.